The topological polar surface area (TPSA) is 169 Å². The van der Waals surface area contributed by atoms with Gasteiger partial charge in [-0.2, -0.15) is 0 Å². The number of nitrogens with one attached hydrogen (secondary N) is 1. The molecule has 1 aromatic carbocycles. The van der Waals surface area contributed by atoms with E-state index in [2.05, 4.69) is 30.1 Å². The lowest BCUT2D eigenvalue weighted by Crippen LogP contribution is -2.47. The summed E-state index contributed by atoms with van der Waals surface area (Å²) in [6, 6.07) is 11.5. The number of anilines is 3. The number of halogens is 1. The Labute approximate surface area is 223 Å². The minimum Gasteiger partial charge on any atom is -0.494 e. The molecule has 0 radical (unpaired) electrons. The number of hydrogen-bond acceptors (Lipinski definition) is 9. The van der Waals surface area contributed by atoms with Crippen LogP contribution < -0.4 is 15.0 Å². The second-order valence-corrected chi connectivity index (χ2v) is 9.56. The number of imidazole rings is 1. The quantitative estimate of drug-likeness (QED) is 0.208. The van der Waals surface area contributed by atoms with Crippen molar-refractivity contribution in [3.63, 3.8) is 0 Å². The van der Waals surface area contributed by atoms with Crippen LogP contribution >= 0.6 is 7.82 Å². The Bertz CT molecular complexity index is 1450. The van der Waals surface area contributed by atoms with Gasteiger partial charge in [0.1, 0.15) is 17.1 Å². The van der Waals surface area contributed by atoms with Gasteiger partial charge in [-0.05, 0) is 24.3 Å². The van der Waals surface area contributed by atoms with E-state index in [1.807, 2.05) is 42.6 Å². The number of benzene rings is 1. The van der Waals surface area contributed by atoms with Gasteiger partial charge in [0.25, 0.3) is 0 Å². The molecule has 1 aliphatic rings. The Morgan fingerprint density at radius 1 is 1.08 bits per heavy atom. The molecule has 15 heteroatoms. The number of hydrogen-bond donors (Lipinski definition) is 5. The minimum atomic E-state index is -4.64. The van der Waals surface area contributed by atoms with Crippen molar-refractivity contribution in [1.29, 1.82) is 0 Å². The Kier molecular flexibility index (Phi) is 9.07. The lowest BCUT2D eigenvalue weighted by Gasteiger charge is -2.36. The number of phosphoric acid groups is 1. The highest BCUT2D eigenvalue weighted by Gasteiger charge is 2.19. The molecule has 208 valence electrons. The fraction of sp³-hybridized carbons (Fsp3) is 0.292. The first-order chi connectivity index (χ1) is 18.7. The first-order valence-corrected chi connectivity index (χ1v) is 13.5. The summed E-state index contributed by atoms with van der Waals surface area (Å²) in [6.07, 6.45) is 4.57. The molecule has 13 nitrogen and oxygen atoms in total. The molecule has 1 aliphatic heterocycles. The third-order valence-corrected chi connectivity index (χ3v) is 5.99. The molecule has 0 atom stereocenters. The van der Waals surface area contributed by atoms with E-state index in [9.17, 15) is 4.39 Å². The molecule has 4 heterocycles. The predicted octanol–water partition coefficient (Wildman–Crippen LogP) is 1.87. The highest BCUT2D eigenvalue weighted by molar-refractivity contribution is 7.45. The molecular formula is C24H29FN7O6P. The van der Waals surface area contributed by atoms with Gasteiger partial charge < -0.3 is 34.7 Å². The van der Waals surface area contributed by atoms with Crippen LogP contribution in [-0.2, 0) is 4.57 Å². The lowest BCUT2D eigenvalue weighted by molar-refractivity contribution is 0.189. The first-order valence-electron chi connectivity index (χ1n) is 11.9. The zero-order valence-corrected chi connectivity index (χ0v) is 21.9. The van der Waals surface area contributed by atoms with Crippen LogP contribution in [0.5, 0.6) is 5.75 Å². The molecule has 0 aliphatic carbocycles. The average molecular weight is 562 g/mol. The fourth-order valence-electron chi connectivity index (χ4n) is 4.19. The van der Waals surface area contributed by atoms with Crippen LogP contribution in [0.15, 0.2) is 55.0 Å². The van der Waals surface area contributed by atoms with E-state index in [0.717, 1.165) is 38.1 Å². The molecule has 0 amide bonds. The van der Waals surface area contributed by atoms with Crippen molar-refractivity contribution in [2.24, 2.45) is 0 Å². The van der Waals surface area contributed by atoms with Crippen LogP contribution in [0.2, 0.25) is 0 Å². The standard InChI is InChI=1S/C24H26FN7O2.H3O4P/c1-34-21-14-17(31-10-8-30(9-11-31)12-13-33)5-6-19(21)28-24-27-15-18(25)23(29-24)20-16-26-22-4-2-3-7-32(20)22;1-5(2,3)4/h2-7,14-16,33H,8-13H2,1H3,(H,27,28,29);(H3,1,2,3,4). The van der Waals surface area contributed by atoms with Crippen molar-refractivity contribution in [1.82, 2.24) is 24.3 Å². The van der Waals surface area contributed by atoms with Crippen molar-refractivity contribution in [2.75, 3.05) is 56.7 Å². The van der Waals surface area contributed by atoms with Crippen molar-refractivity contribution < 1.29 is 33.5 Å². The largest absolute Gasteiger partial charge is 0.494 e. The molecule has 4 aromatic rings. The van der Waals surface area contributed by atoms with Gasteiger partial charge in [-0.1, -0.05) is 6.07 Å². The lowest BCUT2D eigenvalue weighted by atomic mass is 10.2. The molecule has 1 saturated heterocycles. The average Bonchev–Trinajstić information content (AvgIpc) is 3.34. The molecule has 0 bridgehead atoms. The normalized spacial score (nSPS) is 14.2. The van der Waals surface area contributed by atoms with Crippen LogP contribution in [0.25, 0.3) is 17.0 Å². The van der Waals surface area contributed by atoms with E-state index in [0.29, 0.717) is 29.3 Å². The monoisotopic (exact) mass is 561 g/mol. The highest BCUT2D eigenvalue weighted by Crippen LogP contribution is 2.32. The van der Waals surface area contributed by atoms with Crippen LogP contribution in [0, 0.1) is 5.82 Å². The van der Waals surface area contributed by atoms with Crippen molar-refractivity contribution in [3.8, 4) is 17.1 Å². The summed E-state index contributed by atoms with van der Waals surface area (Å²) in [7, 11) is -3.03. The molecule has 0 spiro atoms. The number of aromatic nitrogens is 4. The van der Waals surface area contributed by atoms with Crippen molar-refractivity contribution in [2.45, 2.75) is 0 Å². The van der Waals surface area contributed by atoms with Crippen LogP contribution in [0.3, 0.4) is 0 Å². The third kappa shape index (κ3) is 7.47. The summed E-state index contributed by atoms with van der Waals surface area (Å²) in [5.74, 6) is 0.365. The van der Waals surface area contributed by atoms with Gasteiger partial charge in [0, 0.05) is 50.7 Å². The third-order valence-electron chi connectivity index (χ3n) is 5.99. The maximum Gasteiger partial charge on any atom is 0.466 e. The fourth-order valence-corrected chi connectivity index (χ4v) is 4.19. The van der Waals surface area contributed by atoms with E-state index in [1.54, 1.807) is 17.7 Å². The smallest absolute Gasteiger partial charge is 0.466 e. The summed E-state index contributed by atoms with van der Waals surface area (Å²) < 4.78 is 30.9. The summed E-state index contributed by atoms with van der Waals surface area (Å²) in [6.45, 7) is 4.43. The molecule has 0 saturated carbocycles. The predicted molar refractivity (Wildman–Crippen MR) is 142 cm³/mol. The molecule has 39 heavy (non-hydrogen) atoms. The second-order valence-electron chi connectivity index (χ2n) is 8.54. The number of aliphatic hydroxyl groups excluding tert-OH is 1. The van der Waals surface area contributed by atoms with Gasteiger partial charge in [0.05, 0.1) is 37.5 Å². The number of methoxy groups -OCH3 is 1. The van der Waals surface area contributed by atoms with Crippen LogP contribution in [-0.4, -0.2) is 90.5 Å². The number of fused-ring (bicyclic) bond motifs is 1. The van der Waals surface area contributed by atoms with Gasteiger partial charge in [0.2, 0.25) is 5.95 Å². The summed E-state index contributed by atoms with van der Waals surface area (Å²) in [5.41, 5.74) is 3.14. The number of aliphatic hydroxyl groups is 1. The summed E-state index contributed by atoms with van der Waals surface area (Å²) >= 11 is 0. The number of ether oxygens (including phenoxy) is 1. The first kappa shape index (κ1) is 28.4. The number of nitrogens with zero attached hydrogens (tertiary/aromatic N) is 6. The van der Waals surface area contributed by atoms with Crippen molar-refractivity contribution in [3.05, 3.63) is 60.8 Å². The zero-order chi connectivity index (χ0) is 28.0. The molecule has 3 aromatic heterocycles. The second kappa shape index (κ2) is 12.5. The maximum atomic E-state index is 14.6. The Morgan fingerprint density at radius 2 is 1.82 bits per heavy atom. The van der Waals surface area contributed by atoms with Gasteiger partial charge in [-0.25, -0.2) is 23.9 Å². The summed E-state index contributed by atoms with van der Waals surface area (Å²) in [4.78, 5) is 39.0. The highest BCUT2D eigenvalue weighted by atomic mass is 31.2. The minimum absolute atomic E-state index is 0.160. The van der Waals surface area contributed by atoms with E-state index < -0.39 is 13.6 Å². The summed E-state index contributed by atoms with van der Waals surface area (Å²) in [5, 5.41) is 12.3. The van der Waals surface area contributed by atoms with Crippen LogP contribution in [0.4, 0.5) is 21.7 Å². The van der Waals surface area contributed by atoms with Gasteiger partial charge >= 0.3 is 7.82 Å². The Hall–Kier alpha value is -3.65. The molecule has 0 unspecified atom stereocenters. The zero-order valence-electron chi connectivity index (χ0n) is 21.1. The maximum absolute atomic E-state index is 14.6. The number of β-amino-alcohol motifs (C(OH)–C–C–N with tert-alkyl or cyclic N) is 1. The van der Waals surface area contributed by atoms with E-state index in [1.165, 1.54) is 0 Å². The van der Waals surface area contributed by atoms with Crippen molar-refractivity contribution >= 4 is 30.8 Å². The number of piperazine rings is 1. The van der Waals surface area contributed by atoms with E-state index >= 15 is 0 Å². The van der Waals surface area contributed by atoms with Gasteiger partial charge in [-0.15, -0.1) is 0 Å². The van der Waals surface area contributed by atoms with Crippen LogP contribution in [0.1, 0.15) is 0 Å². The van der Waals surface area contributed by atoms with Gasteiger partial charge in [0.15, 0.2) is 5.82 Å². The Balaban J connectivity index is 0.000000648. The van der Waals surface area contributed by atoms with E-state index in [4.69, 9.17) is 29.1 Å². The number of pyridine rings is 1. The SMILES string of the molecule is COc1cc(N2CCN(CCO)CC2)ccc1Nc1ncc(F)c(-c2cnc3ccccn23)n1.O=P(O)(O)O. The molecule has 1 fully saturated rings. The molecule has 5 N–H and O–H groups in total. The van der Waals surface area contributed by atoms with E-state index in [-0.39, 0.29) is 18.2 Å². The number of rotatable bonds is 7. The Morgan fingerprint density at radius 3 is 2.51 bits per heavy atom. The van der Waals surface area contributed by atoms with Gasteiger partial charge in [-0.3, -0.25) is 9.30 Å². The molecular weight excluding hydrogens is 532 g/mol. The molecule has 5 rings (SSSR count).